The van der Waals surface area contributed by atoms with Gasteiger partial charge in [-0.25, -0.2) is 13.8 Å². The second kappa shape index (κ2) is 8.93. The van der Waals surface area contributed by atoms with Gasteiger partial charge in [0.25, 0.3) is 5.91 Å². The summed E-state index contributed by atoms with van der Waals surface area (Å²) in [7, 11) is -3.69. The lowest BCUT2D eigenvalue weighted by Crippen LogP contribution is -2.39. The molecule has 0 aliphatic carbocycles. The van der Waals surface area contributed by atoms with Crippen LogP contribution in [-0.4, -0.2) is 33.3 Å². The number of nitrogens with one attached hydrogen (secondary N) is 1. The van der Waals surface area contributed by atoms with Gasteiger partial charge < -0.3 is 0 Å². The third kappa shape index (κ3) is 6.10. The topological polar surface area (TPSA) is 78.8 Å². The highest BCUT2D eigenvalue weighted by Crippen LogP contribution is 2.25. The van der Waals surface area contributed by atoms with Crippen molar-refractivity contribution in [2.24, 2.45) is 5.10 Å². The second-order valence-corrected chi connectivity index (χ2v) is 8.82. The molecule has 0 unspecified atom stereocenters. The van der Waals surface area contributed by atoms with E-state index in [2.05, 4.69) is 10.5 Å². The van der Waals surface area contributed by atoms with Crippen molar-refractivity contribution in [1.82, 2.24) is 5.43 Å². The van der Waals surface area contributed by atoms with E-state index in [4.69, 9.17) is 34.8 Å². The molecule has 0 spiro atoms. The summed E-state index contributed by atoms with van der Waals surface area (Å²) in [5.74, 6) is -0.605. The lowest BCUT2D eigenvalue weighted by Gasteiger charge is -2.23. The Kier molecular flexibility index (Phi) is 7.11. The number of rotatable bonds is 6. The van der Waals surface area contributed by atoms with Crippen LogP contribution in [0.3, 0.4) is 0 Å². The van der Waals surface area contributed by atoms with Gasteiger partial charge >= 0.3 is 0 Å². The quantitative estimate of drug-likeness (QED) is 0.538. The van der Waals surface area contributed by atoms with Crippen molar-refractivity contribution in [2.75, 3.05) is 17.1 Å². The Labute approximate surface area is 172 Å². The van der Waals surface area contributed by atoms with Crippen LogP contribution in [0.2, 0.25) is 15.1 Å². The van der Waals surface area contributed by atoms with E-state index >= 15 is 0 Å². The van der Waals surface area contributed by atoms with Gasteiger partial charge in [-0.15, -0.1) is 0 Å². The van der Waals surface area contributed by atoms with Gasteiger partial charge in [0.1, 0.15) is 6.54 Å². The first-order valence-electron chi connectivity index (χ1n) is 7.59. The van der Waals surface area contributed by atoms with Gasteiger partial charge in [-0.1, -0.05) is 40.9 Å². The molecule has 2 aromatic rings. The zero-order valence-corrected chi connectivity index (χ0v) is 17.5. The third-order valence-corrected chi connectivity index (χ3v) is 5.56. The summed E-state index contributed by atoms with van der Waals surface area (Å²) < 4.78 is 25.2. The van der Waals surface area contributed by atoms with E-state index in [0.29, 0.717) is 31.9 Å². The molecule has 1 N–H and O–H groups in total. The van der Waals surface area contributed by atoms with Crippen LogP contribution in [0.25, 0.3) is 0 Å². The van der Waals surface area contributed by atoms with Crippen LogP contribution in [0.1, 0.15) is 11.1 Å². The number of anilines is 1. The monoisotopic (exact) mass is 447 g/mol. The summed E-state index contributed by atoms with van der Waals surface area (Å²) in [6.07, 6.45) is 2.39. The molecule has 10 heteroatoms. The van der Waals surface area contributed by atoms with E-state index in [9.17, 15) is 13.2 Å². The number of hydrogen-bond acceptors (Lipinski definition) is 4. The number of sulfonamides is 1. The lowest BCUT2D eigenvalue weighted by molar-refractivity contribution is -0.119. The molecule has 6 nitrogen and oxygen atoms in total. The zero-order chi connectivity index (χ0) is 20.2. The van der Waals surface area contributed by atoms with Crippen molar-refractivity contribution < 1.29 is 13.2 Å². The van der Waals surface area contributed by atoms with Gasteiger partial charge in [-0.2, -0.15) is 5.10 Å². The van der Waals surface area contributed by atoms with E-state index in [0.717, 1.165) is 10.6 Å². The molecule has 0 aliphatic rings. The predicted molar refractivity (Wildman–Crippen MR) is 111 cm³/mol. The lowest BCUT2D eigenvalue weighted by atomic mass is 10.2. The van der Waals surface area contributed by atoms with Gasteiger partial charge in [0.15, 0.2) is 0 Å². The van der Waals surface area contributed by atoms with Crippen molar-refractivity contribution in [3.8, 4) is 0 Å². The standard InChI is InChI=1S/C17H16Cl3N3O3S/c1-11-7-13(18)4-6-16(11)23(27(2,25)26)10-17(24)22-21-9-12-3-5-14(19)15(20)8-12/h3-9H,10H2,1-2H3,(H,22,24)/b21-9-. The SMILES string of the molecule is Cc1cc(Cl)ccc1N(CC(=O)N/N=C\c1ccc(Cl)c(Cl)c1)S(C)(=O)=O. The molecule has 0 bridgehead atoms. The van der Waals surface area contributed by atoms with Crippen molar-refractivity contribution in [2.45, 2.75) is 6.92 Å². The Morgan fingerprint density at radius 1 is 1.15 bits per heavy atom. The average molecular weight is 449 g/mol. The van der Waals surface area contributed by atoms with Crippen molar-refractivity contribution in [3.05, 3.63) is 62.6 Å². The zero-order valence-electron chi connectivity index (χ0n) is 14.4. The number of hydrazone groups is 1. The molecule has 144 valence electrons. The summed E-state index contributed by atoms with van der Waals surface area (Å²) >= 11 is 17.6. The molecule has 0 fully saturated rings. The molecule has 0 saturated heterocycles. The minimum absolute atomic E-state index is 0.355. The summed E-state index contributed by atoms with van der Waals surface area (Å²) in [6, 6.07) is 9.58. The molecule has 0 aliphatic heterocycles. The van der Waals surface area contributed by atoms with Crippen LogP contribution < -0.4 is 9.73 Å². The minimum atomic E-state index is -3.69. The van der Waals surface area contributed by atoms with Crippen LogP contribution in [0.15, 0.2) is 41.5 Å². The first kappa shape index (κ1) is 21.5. The van der Waals surface area contributed by atoms with Crippen LogP contribution in [-0.2, 0) is 14.8 Å². The predicted octanol–water partition coefficient (Wildman–Crippen LogP) is 3.87. The number of carbonyl (C=O) groups excluding carboxylic acids is 1. The number of halogens is 3. The van der Waals surface area contributed by atoms with Gasteiger partial charge in [0, 0.05) is 5.02 Å². The molecule has 0 saturated carbocycles. The van der Waals surface area contributed by atoms with Crippen molar-refractivity contribution >= 4 is 62.6 Å². The molecular weight excluding hydrogens is 433 g/mol. The Morgan fingerprint density at radius 2 is 1.85 bits per heavy atom. The number of benzene rings is 2. The third-order valence-electron chi connectivity index (χ3n) is 3.46. The Bertz CT molecular complexity index is 994. The van der Waals surface area contributed by atoms with E-state index in [-0.39, 0.29) is 0 Å². The van der Waals surface area contributed by atoms with Gasteiger partial charge in [-0.3, -0.25) is 9.10 Å². The molecule has 0 aromatic heterocycles. The molecule has 0 radical (unpaired) electrons. The fourth-order valence-electron chi connectivity index (χ4n) is 2.22. The largest absolute Gasteiger partial charge is 0.271 e. The first-order chi connectivity index (χ1) is 12.6. The average Bonchev–Trinajstić information content (AvgIpc) is 2.55. The number of carbonyl (C=O) groups is 1. The molecular formula is C17H16Cl3N3O3S. The molecule has 2 rings (SSSR count). The molecule has 1 amide bonds. The molecule has 0 atom stereocenters. The van der Waals surface area contributed by atoms with Gasteiger partial charge in [0.05, 0.1) is 28.2 Å². The van der Waals surface area contributed by atoms with Crippen LogP contribution >= 0.6 is 34.8 Å². The van der Waals surface area contributed by atoms with Gasteiger partial charge in [0.2, 0.25) is 10.0 Å². The number of nitrogens with zero attached hydrogens (tertiary/aromatic N) is 2. The molecule has 0 heterocycles. The fourth-order valence-corrected chi connectivity index (χ4v) is 3.66. The van der Waals surface area contributed by atoms with E-state index in [1.807, 2.05) is 0 Å². The van der Waals surface area contributed by atoms with E-state index in [1.54, 1.807) is 43.3 Å². The maximum atomic E-state index is 12.2. The normalized spacial score (nSPS) is 11.6. The summed E-state index contributed by atoms with van der Waals surface area (Å²) in [6.45, 7) is 1.28. The van der Waals surface area contributed by atoms with E-state index in [1.165, 1.54) is 6.21 Å². The highest BCUT2D eigenvalue weighted by Gasteiger charge is 2.22. The maximum absolute atomic E-state index is 12.2. The highest BCUT2D eigenvalue weighted by molar-refractivity contribution is 7.92. The smallest absolute Gasteiger partial charge is 0.260 e. The summed E-state index contributed by atoms with van der Waals surface area (Å²) in [4.78, 5) is 12.2. The van der Waals surface area contributed by atoms with E-state index < -0.39 is 22.5 Å². The maximum Gasteiger partial charge on any atom is 0.260 e. The van der Waals surface area contributed by atoms with Gasteiger partial charge in [-0.05, 0) is 48.4 Å². The Balaban J connectivity index is 2.12. The molecule has 27 heavy (non-hydrogen) atoms. The minimum Gasteiger partial charge on any atom is -0.271 e. The Morgan fingerprint density at radius 3 is 2.44 bits per heavy atom. The fraction of sp³-hybridized carbons (Fsp3) is 0.176. The molecule has 2 aromatic carbocycles. The number of hydrogen-bond donors (Lipinski definition) is 1. The second-order valence-electron chi connectivity index (χ2n) is 5.67. The van der Waals surface area contributed by atoms with Crippen molar-refractivity contribution in [3.63, 3.8) is 0 Å². The number of aryl methyl sites for hydroxylation is 1. The first-order valence-corrected chi connectivity index (χ1v) is 10.6. The van der Waals surface area contributed by atoms with Crippen LogP contribution in [0.4, 0.5) is 5.69 Å². The highest BCUT2D eigenvalue weighted by atomic mass is 35.5. The Hall–Kier alpha value is -1.80. The number of amides is 1. The van der Waals surface area contributed by atoms with Crippen LogP contribution in [0.5, 0.6) is 0 Å². The summed E-state index contributed by atoms with van der Waals surface area (Å²) in [5, 5.41) is 5.04. The van der Waals surface area contributed by atoms with Crippen LogP contribution in [0, 0.1) is 6.92 Å². The summed E-state index contributed by atoms with van der Waals surface area (Å²) in [5.41, 5.74) is 3.91. The van der Waals surface area contributed by atoms with Crippen molar-refractivity contribution in [1.29, 1.82) is 0 Å².